The van der Waals surface area contributed by atoms with Gasteiger partial charge in [-0.1, -0.05) is 12.1 Å². The lowest BCUT2D eigenvalue weighted by molar-refractivity contribution is -0.387. The molecule has 0 unspecified atom stereocenters. The van der Waals surface area contributed by atoms with Gasteiger partial charge >= 0.3 is 0 Å². The number of aliphatic hydroxyl groups is 1. The first kappa shape index (κ1) is 10.7. The predicted molar refractivity (Wildman–Crippen MR) is 53.1 cm³/mol. The summed E-state index contributed by atoms with van der Waals surface area (Å²) in [5, 5.41) is 20.5. The molecule has 0 saturated heterocycles. The van der Waals surface area contributed by atoms with Crippen molar-refractivity contribution >= 4 is 5.69 Å². The third-order valence-electron chi connectivity index (χ3n) is 2.08. The van der Waals surface area contributed by atoms with Gasteiger partial charge in [0, 0.05) is 5.56 Å². The topological polar surface area (TPSA) is 63.4 Å². The van der Waals surface area contributed by atoms with Crippen molar-refractivity contribution in [2.45, 2.75) is 26.4 Å². The van der Waals surface area contributed by atoms with Gasteiger partial charge in [0.15, 0.2) is 0 Å². The summed E-state index contributed by atoms with van der Waals surface area (Å²) in [6.45, 7) is 4.73. The fraction of sp³-hybridized carbons (Fsp3) is 0.400. The van der Waals surface area contributed by atoms with Gasteiger partial charge in [-0.15, -0.1) is 0 Å². The summed E-state index contributed by atoms with van der Waals surface area (Å²) in [4.78, 5) is 10.3. The molecule has 1 aromatic rings. The Bertz CT molecular complexity index is 366. The van der Waals surface area contributed by atoms with Gasteiger partial charge in [0.25, 0.3) is 5.69 Å². The Morgan fingerprint density at radius 1 is 1.43 bits per heavy atom. The molecule has 1 rings (SSSR count). The number of rotatable bonds is 2. The number of hydrogen-bond acceptors (Lipinski definition) is 3. The van der Waals surface area contributed by atoms with Crippen LogP contribution in [-0.2, 0) is 5.60 Å². The Labute approximate surface area is 82.3 Å². The van der Waals surface area contributed by atoms with Gasteiger partial charge in [-0.25, -0.2) is 0 Å². The first-order valence-corrected chi connectivity index (χ1v) is 4.31. The molecule has 4 nitrogen and oxygen atoms in total. The van der Waals surface area contributed by atoms with Crippen molar-refractivity contribution in [3.8, 4) is 0 Å². The van der Waals surface area contributed by atoms with Crippen molar-refractivity contribution in [1.29, 1.82) is 0 Å². The fourth-order valence-corrected chi connectivity index (χ4v) is 1.39. The van der Waals surface area contributed by atoms with Crippen LogP contribution < -0.4 is 0 Å². The fourth-order valence-electron chi connectivity index (χ4n) is 1.39. The maximum Gasteiger partial charge on any atom is 0.278 e. The van der Waals surface area contributed by atoms with E-state index < -0.39 is 10.5 Å². The number of nitro benzene ring substituents is 1. The molecular weight excluding hydrogens is 182 g/mol. The maximum absolute atomic E-state index is 10.8. The summed E-state index contributed by atoms with van der Waals surface area (Å²) >= 11 is 0. The molecule has 0 atom stereocenters. The van der Waals surface area contributed by atoms with Crippen LogP contribution in [0.15, 0.2) is 18.2 Å². The number of benzene rings is 1. The van der Waals surface area contributed by atoms with E-state index in [1.165, 1.54) is 13.8 Å². The van der Waals surface area contributed by atoms with Crippen LogP contribution in [0.5, 0.6) is 0 Å². The van der Waals surface area contributed by atoms with E-state index in [0.717, 1.165) is 0 Å². The molecule has 0 spiro atoms. The minimum Gasteiger partial charge on any atom is -0.385 e. The standard InChI is InChI=1S/C10H13NO3/c1-7-5-4-6-8(10(2,3)12)9(7)11(13)14/h4-6,12H,1-3H3. The Morgan fingerprint density at radius 3 is 2.36 bits per heavy atom. The van der Waals surface area contributed by atoms with Crippen LogP contribution in [0.2, 0.25) is 0 Å². The summed E-state index contributed by atoms with van der Waals surface area (Å²) in [5.41, 5.74) is -0.272. The SMILES string of the molecule is Cc1cccc(C(C)(C)O)c1[N+](=O)[O-]. The summed E-state index contributed by atoms with van der Waals surface area (Å²) in [5.74, 6) is 0. The molecule has 1 aromatic carbocycles. The van der Waals surface area contributed by atoms with E-state index in [4.69, 9.17) is 0 Å². The first-order valence-electron chi connectivity index (χ1n) is 4.31. The van der Waals surface area contributed by atoms with Gasteiger partial charge < -0.3 is 5.11 Å². The number of nitrogens with zero attached hydrogens (tertiary/aromatic N) is 1. The molecule has 0 aliphatic heterocycles. The van der Waals surface area contributed by atoms with Crippen molar-refractivity contribution < 1.29 is 10.0 Å². The molecule has 1 N–H and O–H groups in total. The van der Waals surface area contributed by atoms with Crippen LogP contribution in [0.4, 0.5) is 5.69 Å². The zero-order valence-corrected chi connectivity index (χ0v) is 8.44. The predicted octanol–water partition coefficient (Wildman–Crippen LogP) is 2.13. The lowest BCUT2D eigenvalue weighted by Gasteiger charge is -2.18. The quantitative estimate of drug-likeness (QED) is 0.580. The van der Waals surface area contributed by atoms with Crippen LogP contribution in [0.3, 0.4) is 0 Å². The highest BCUT2D eigenvalue weighted by molar-refractivity contribution is 5.49. The molecule has 0 heterocycles. The third kappa shape index (κ3) is 1.90. The van der Waals surface area contributed by atoms with E-state index in [0.29, 0.717) is 11.1 Å². The van der Waals surface area contributed by atoms with Crippen molar-refractivity contribution in [3.05, 3.63) is 39.4 Å². The summed E-state index contributed by atoms with van der Waals surface area (Å²) in [6.07, 6.45) is 0. The second-order valence-electron chi connectivity index (χ2n) is 3.79. The highest BCUT2D eigenvalue weighted by atomic mass is 16.6. The average molecular weight is 195 g/mol. The van der Waals surface area contributed by atoms with Gasteiger partial charge in [-0.3, -0.25) is 10.1 Å². The smallest absolute Gasteiger partial charge is 0.278 e. The summed E-state index contributed by atoms with van der Waals surface area (Å²) < 4.78 is 0. The second kappa shape index (κ2) is 3.38. The third-order valence-corrected chi connectivity index (χ3v) is 2.08. The van der Waals surface area contributed by atoms with Crippen molar-refractivity contribution in [2.24, 2.45) is 0 Å². The molecule has 0 fully saturated rings. The van der Waals surface area contributed by atoms with Crippen LogP contribution in [-0.4, -0.2) is 10.0 Å². The largest absolute Gasteiger partial charge is 0.385 e. The van der Waals surface area contributed by atoms with E-state index in [1.54, 1.807) is 25.1 Å². The molecular formula is C10H13NO3. The molecule has 0 aliphatic carbocycles. The molecule has 0 amide bonds. The van der Waals surface area contributed by atoms with E-state index in [-0.39, 0.29) is 5.69 Å². The van der Waals surface area contributed by atoms with Crippen LogP contribution in [0, 0.1) is 17.0 Å². The van der Waals surface area contributed by atoms with Crippen LogP contribution in [0.1, 0.15) is 25.0 Å². The number of nitro groups is 1. The second-order valence-corrected chi connectivity index (χ2v) is 3.79. The molecule has 0 saturated carbocycles. The van der Waals surface area contributed by atoms with Gasteiger partial charge in [0.2, 0.25) is 0 Å². The minimum absolute atomic E-state index is 0.000000000000000222. The van der Waals surface area contributed by atoms with Crippen molar-refractivity contribution in [2.75, 3.05) is 0 Å². The summed E-state index contributed by atoms with van der Waals surface area (Å²) in [7, 11) is 0. The van der Waals surface area contributed by atoms with Crippen molar-refractivity contribution in [1.82, 2.24) is 0 Å². The average Bonchev–Trinajstić information content (AvgIpc) is 2.01. The van der Waals surface area contributed by atoms with Crippen LogP contribution >= 0.6 is 0 Å². The molecule has 0 aliphatic rings. The number of hydrogen-bond donors (Lipinski definition) is 1. The number of aryl methyl sites for hydroxylation is 1. The normalized spacial score (nSPS) is 11.4. The monoisotopic (exact) mass is 195 g/mol. The molecule has 4 heteroatoms. The van der Waals surface area contributed by atoms with Gasteiger partial charge in [0.05, 0.1) is 16.1 Å². The van der Waals surface area contributed by atoms with E-state index >= 15 is 0 Å². The Balaban J connectivity index is 3.44. The lowest BCUT2D eigenvalue weighted by Crippen LogP contribution is -2.18. The minimum atomic E-state index is -1.19. The zero-order chi connectivity index (χ0) is 10.9. The summed E-state index contributed by atoms with van der Waals surface area (Å²) in [6, 6.07) is 4.94. The van der Waals surface area contributed by atoms with Crippen molar-refractivity contribution in [3.63, 3.8) is 0 Å². The zero-order valence-electron chi connectivity index (χ0n) is 8.44. The molecule has 0 bridgehead atoms. The molecule has 0 aromatic heterocycles. The van der Waals surface area contributed by atoms with E-state index in [2.05, 4.69) is 0 Å². The Hall–Kier alpha value is -1.42. The maximum atomic E-state index is 10.8. The lowest BCUT2D eigenvalue weighted by atomic mass is 9.94. The molecule has 76 valence electrons. The number of para-hydroxylation sites is 1. The first-order chi connectivity index (χ1) is 6.34. The van der Waals surface area contributed by atoms with E-state index in [1.807, 2.05) is 0 Å². The molecule has 14 heavy (non-hydrogen) atoms. The van der Waals surface area contributed by atoms with Gasteiger partial charge in [-0.2, -0.15) is 0 Å². The van der Waals surface area contributed by atoms with E-state index in [9.17, 15) is 15.2 Å². The van der Waals surface area contributed by atoms with Gasteiger partial charge in [0.1, 0.15) is 0 Å². The highest BCUT2D eigenvalue weighted by Crippen LogP contribution is 2.31. The Kier molecular flexibility index (Phi) is 2.57. The highest BCUT2D eigenvalue weighted by Gasteiger charge is 2.27. The van der Waals surface area contributed by atoms with Gasteiger partial charge in [-0.05, 0) is 26.8 Å². The van der Waals surface area contributed by atoms with Crippen LogP contribution in [0.25, 0.3) is 0 Å². The molecule has 0 radical (unpaired) electrons. The Morgan fingerprint density at radius 2 is 2.00 bits per heavy atom.